The van der Waals surface area contributed by atoms with E-state index in [0.29, 0.717) is 0 Å². The van der Waals surface area contributed by atoms with E-state index in [2.05, 4.69) is 20.8 Å². The Labute approximate surface area is 76.4 Å². The summed E-state index contributed by atoms with van der Waals surface area (Å²) in [5.74, 6) is 0. The van der Waals surface area contributed by atoms with Gasteiger partial charge in [0.05, 0.1) is 0 Å². The number of rotatable bonds is 5. The highest BCUT2D eigenvalue weighted by Crippen LogP contribution is 2.09. The van der Waals surface area contributed by atoms with E-state index in [1.165, 1.54) is 30.4 Å². The molecule has 0 saturated carbocycles. The topological polar surface area (TPSA) is 23.9 Å². The molecule has 0 aliphatic rings. The van der Waals surface area contributed by atoms with E-state index in [9.17, 15) is 0 Å². The maximum absolute atomic E-state index is 7.75. The van der Waals surface area contributed by atoms with E-state index in [1.54, 1.807) is 0 Å². The van der Waals surface area contributed by atoms with E-state index in [1.807, 2.05) is 6.92 Å². The van der Waals surface area contributed by atoms with Gasteiger partial charge in [0.25, 0.3) is 0 Å². The van der Waals surface area contributed by atoms with Gasteiger partial charge in [-0.15, -0.1) is 0 Å². The molecule has 0 bridgehead atoms. The van der Waals surface area contributed by atoms with Crippen molar-refractivity contribution in [2.45, 2.75) is 53.4 Å². The molecule has 0 heterocycles. The van der Waals surface area contributed by atoms with Crippen LogP contribution >= 0.6 is 0 Å². The van der Waals surface area contributed by atoms with E-state index < -0.39 is 0 Å². The zero-order valence-electron chi connectivity index (χ0n) is 8.83. The average Bonchev–Trinajstić information content (AvgIpc) is 2.03. The van der Waals surface area contributed by atoms with Crippen molar-refractivity contribution in [3.05, 3.63) is 11.1 Å². The van der Waals surface area contributed by atoms with Gasteiger partial charge in [0.15, 0.2) is 0 Å². The highest BCUT2D eigenvalue weighted by Gasteiger charge is 2.00. The molecule has 0 aromatic rings. The molecule has 0 aliphatic heterocycles. The predicted octanol–water partition coefficient (Wildman–Crippen LogP) is 3.94. The average molecular weight is 167 g/mol. The van der Waals surface area contributed by atoms with Crippen molar-refractivity contribution in [1.29, 1.82) is 5.41 Å². The van der Waals surface area contributed by atoms with Crippen LogP contribution in [0.5, 0.6) is 0 Å². The fourth-order valence-electron chi connectivity index (χ4n) is 1.04. The molecule has 0 aromatic heterocycles. The molecular weight excluding hydrogens is 146 g/mol. The summed E-state index contributed by atoms with van der Waals surface area (Å²) in [5, 5.41) is 7.75. The second kappa shape index (κ2) is 5.99. The third-order valence-corrected chi connectivity index (χ3v) is 2.23. The maximum Gasteiger partial charge on any atom is 0.0342 e. The van der Waals surface area contributed by atoms with E-state index in [-0.39, 0.29) is 0 Å². The lowest BCUT2D eigenvalue weighted by Gasteiger charge is -2.05. The summed E-state index contributed by atoms with van der Waals surface area (Å²) in [6, 6.07) is 0. The zero-order valence-corrected chi connectivity index (χ0v) is 8.83. The SMILES string of the molecule is CCCCCC(=N)C(C)=C(C)C. The van der Waals surface area contributed by atoms with Crippen LogP contribution in [0.4, 0.5) is 0 Å². The second-order valence-electron chi connectivity index (χ2n) is 3.56. The molecule has 0 amide bonds. The largest absolute Gasteiger partial charge is 0.305 e. The number of allylic oxidation sites excluding steroid dienone is 2. The number of hydrogen-bond donors (Lipinski definition) is 1. The van der Waals surface area contributed by atoms with Gasteiger partial charge in [-0.3, -0.25) is 0 Å². The molecule has 1 N–H and O–H groups in total. The van der Waals surface area contributed by atoms with Crippen molar-refractivity contribution < 1.29 is 0 Å². The van der Waals surface area contributed by atoms with Gasteiger partial charge in [-0.25, -0.2) is 0 Å². The van der Waals surface area contributed by atoms with Gasteiger partial charge in [0.2, 0.25) is 0 Å². The molecule has 0 unspecified atom stereocenters. The molecule has 70 valence electrons. The van der Waals surface area contributed by atoms with Crippen molar-refractivity contribution in [1.82, 2.24) is 0 Å². The normalized spacial score (nSPS) is 9.67. The Morgan fingerprint density at radius 2 is 1.67 bits per heavy atom. The van der Waals surface area contributed by atoms with Crippen LogP contribution in [0.1, 0.15) is 53.4 Å². The summed E-state index contributed by atoms with van der Waals surface area (Å²) in [4.78, 5) is 0. The Bertz CT molecular complexity index is 173. The van der Waals surface area contributed by atoms with Crippen LogP contribution in [0.3, 0.4) is 0 Å². The first-order valence-electron chi connectivity index (χ1n) is 4.81. The Balaban J connectivity index is 3.81. The van der Waals surface area contributed by atoms with Gasteiger partial charge in [0, 0.05) is 5.71 Å². The van der Waals surface area contributed by atoms with Crippen molar-refractivity contribution in [2.75, 3.05) is 0 Å². The van der Waals surface area contributed by atoms with Gasteiger partial charge in [-0.05, 0) is 39.2 Å². The van der Waals surface area contributed by atoms with Crippen LogP contribution in [0.25, 0.3) is 0 Å². The Morgan fingerprint density at radius 1 is 1.08 bits per heavy atom. The molecule has 0 atom stereocenters. The van der Waals surface area contributed by atoms with Gasteiger partial charge >= 0.3 is 0 Å². The van der Waals surface area contributed by atoms with Crippen LogP contribution in [-0.4, -0.2) is 5.71 Å². The molecule has 0 fully saturated rings. The molecule has 1 heteroatoms. The van der Waals surface area contributed by atoms with Gasteiger partial charge in [0.1, 0.15) is 0 Å². The molecule has 12 heavy (non-hydrogen) atoms. The molecule has 0 spiro atoms. The minimum absolute atomic E-state index is 0.823. The molecule has 0 saturated heterocycles. The lowest BCUT2D eigenvalue weighted by atomic mass is 10.0. The quantitative estimate of drug-likeness (QED) is 0.473. The first-order chi connectivity index (χ1) is 5.59. The lowest BCUT2D eigenvalue weighted by Crippen LogP contribution is -1.99. The maximum atomic E-state index is 7.75. The molecule has 1 nitrogen and oxygen atoms in total. The molecule has 0 rings (SSSR count). The minimum Gasteiger partial charge on any atom is -0.305 e. The van der Waals surface area contributed by atoms with Crippen molar-refractivity contribution in [3.8, 4) is 0 Å². The third-order valence-electron chi connectivity index (χ3n) is 2.23. The summed E-state index contributed by atoms with van der Waals surface area (Å²) in [6.45, 7) is 8.38. The molecular formula is C11H21N. The summed E-state index contributed by atoms with van der Waals surface area (Å²) >= 11 is 0. The molecule has 0 aromatic carbocycles. The van der Waals surface area contributed by atoms with E-state index in [0.717, 1.165) is 12.1 Å². The van der Waals surface area contributed by atoms with Crippen molar-refractivity contribution in [3.63, 3.8) is 0 Å². The third kappa shape index (κ3) is 4.32. The van der Waals surface area contributed by atoms with Gasteiger partial charge in [-0.2, -0.15) is 0 Å². The highest BCUT2D eigenvalue weighted by atomic mass is 14.4. The van der Waals surface area contributed by atoms with E-state index in [4.69, 9.17) is 5.41 Å². The first kappa shape index (κ1) is 11.4. The monoisotopic (exact) mass is 167 g/mol. The van der Waals surface area contributed by atoms with Crippen LogP contribution < -0.4 is 0 Å². The van der Waals surface area contributed by atoms with Crippen LogP contribution in [0.15, 0.2) is 11.1 Å². The first-order valence-corrected chi connectivity index (χ1v) is 4.81. The summed E-state index contributed by atoms with van der Waals surface area (Å²) < 4.78 is 0. The smallest absolute Gasteiger partial charge is 0.0342 e. The minimum atomic E-state index is 0.823. The Hall–Kier alpha value is -0.590. The van der Waals surface area contributed by atoms with Crippen molar-refractivity contribution >= 4 is 5.71 Å². The van der Waals surface area contributed by atoms with Gasteiger partial charge < -0.3 is 5.41 Å². The van der Waals surface area contributed by atoms with Crippen LogP contribution in [0, 0.1) is 5.41 Å². The Kier molecular flexibility index (Phi) is 5.69. The standard InChI is InChI=1S/C11H21N/c1-5-6-7-8-11(12)10(4)9(2)3/h12H,5-8H2,1-4H3. The lowest BCUT2D eigenvalue weighted by molar-refractivity contribution is 0.740. The van der Waals surface area contributed by atoms with Crippen LogP contribution in [-0.2, 0) is 0 Å². The van der Waals surface area contributed by atoms with Crippen LogP contribution in [0.2, 0.25) is 0 Å². The van der Waals surface area contributed by atoms with Crippen molar-refractivity contribution in [2.24, 2.45) is 0 Å². The number of hydrogen-bond acceptors (Lipinski definition) is 1. The predicted molar refractivity (Wildman–Crippen MR) is 55.9 cm³/mol. The summed E-state index contributed by atoms with van der Waals surface area (Å²) in [6.07, 6.45) is 4.60. The second-order valence-corrected chi connectivity index (χ2v) is 3.56. The molecule has 0 radical (unpaired) electrons. The Morgan fingerprint density at radius 3 is 2.08 bits per heavy atom. The van der Waals surface area contributed by atoms with E-state index >= 15 is 0 Å². The number of unbranched alkanes of at least 4 members (excludes halogenated alkanes) is 2. The summed E-state index contributed by atoms with van der Waals surface area (Å²) in [7, 11) is 0. The van der Waals surface area contributed by atoms with Gasteiger partial charge in [-0.1, -0.05) is 25.3 Å². The highest BCUT2D eigenvalue weighted by molar-refractivity contribution is 5.97. The fourth-order valence-corrected chi connectivity index (χ4v) is 1.04. The molecule has 0 aliphatic carbocycles. The number of nitrogens with one attached hydrogen (secondary N) is 1. The fraction of sp³-hybridized carbons (Fsp3) is 0.727. The summed E-state index contributed by atoms with van der Waals surface area (Å²) in [5.41, 5.74) is 3.27. The zero-order chi connectivity index (χ0) is 9.56.